The molecule has 1 heterocycles. The Morgan fingerprint density at radius 1 is 1.56 bits per heavy atom. The lowest BCUT2D eigenvalue weighted by Crippen LogP contribution is -2.28. The number of aromatic amines is 1. The van der Waals surface area contributed by atoms with Gasteiger partial charge >= 0.3 is 5.97 Å². The minimum Gasteiger partial charge on any atom is -0.469 e. The van der Waals surface area contributed by atoms with Crippen molar-refractivity contribution in [3.05, 3.63) is 11.9 Å². The summed E-state index contributed by atoms with van der Waals surface area (Å²) in [6.07, 6.45) is 1.89. The molecule has 0 fully saturated rings. The van der Waals surface area contributed by atoms with Gasteiger partial charge in [0.15, 0.2) is 0 Å². The van der Waals surface area contributed by atoms with E-state index in [0.29, 0.717) is 12.1 Å². The second kappa shape index (κ2) is 5.96. The van der Waals surface area contributed by atoms with Gasteiger partial charge in [-0.2, -0.15) is 5.10 Å². The average molecular weight is 275 g/mol. The van der Waals surface area contributed by atoms with E-state index in [-0.39, 0.29) is 23.8 Å². The number of methoxy groups -OCH3 is 1. The number of nitrogens with one attached hydrogen (secondary N) is 1. The molecule has 0 atom stereocenters. The molecular formula is C10H17N3O4S. The molecule has 18 heavy (non-hydrogen) atoms. The van der Waals surface area contributed by atoms with E-state index in [0.717, 1.165) is 0 Å². The van der Waals surface area contributed by atoms with Gasteiger partial charge in [-0.1, -0.05) is 0 Å². The Balaban J connectivity index is 2.64. The van der Waals surface area contributed by atoms with Gasteiger partial charge in [0.05, 0.1) is 19.0 Å². The summed E-state index contributed by atoms with van der Waals surface area (Å²) in [6, 6.07) is 0. The van der Waals surface area contributed by atoms with Crippen LogP contribution in [0.2, 0.25) is 0 Å². The number of H-pyrrole nitrogens is 1. The molecular weight excluding hydrogens is 258 g/mol. The van der Waals surface area contributed by atoms with Crippen molar-refractivity contribution in [3.63, 3.8) is 0 Å². The van der Waals surface area contributed by atoms with Crippen molar-refractivity contribution in [2.75, 3.05) is 20.7 Å². The second-order valence-corrected chi connectivity index (χ2v) is 5.88. The number of rotatable bonds is 6. The molecule has 1 aromatic rings. The lowest BCUT2D eigenvalue weighted by molar-refractivity contribution is -0.140. The Kier molecular flexibility index (Phi) is 4.85. The van der Waals surface area contributed by atoms with Gasteiger partial charge < -0.3 is 4.74 Å². The highest BCUT2D eigenvalue weighted by atomic mass is 32.2. The number of ether oxygens (including phenoxy) is 1. The van der Waals surface area contributed by atoms with Gasteiger partial charge in [-0.3, -0.25) is 9.89 Å². The number of hydrogen-bond acceptors (Lipinski definition) is 5. The molecule has 0 unspecified atom stereocenters. The van der Waals surface area contributed by atoms with Gasteiger partial charge in [0.1, 0.15) is 4.90 Å². The number of hydrogen-bond donors (Lipinski definition) is 1. The SMILES string of the molecule is COC(=O)CCCN(C)S(=O)(=O)c1cn[nH]c1C. The second-order valence-electron chi connectivity index (χ2n) is 3.87. The molecule has 0 aliphatic rings. The molecule has 0 radical (unpaired) electrons. The predicted molar refractivity (Wildman–Crippen MR) is 64.4 cm³/mol. The Morgan fingerprint density at radius 2 is 2.22 bits per heavy atom. The first kappa shape index (κ1) is 14.7. The topological polar surface area (TPSA) is 92.4 Å². The molecule has 1 N–H and O–H groups in total. The highest BCUT2D eigenvalue weighted by Gasteiger charge is 2.23. The van der Waals surface area contributed by atoms with E-state index in [4.69, 9.17) is 0 Å². The predicted octanol–water partition coefficient (Wildman–Crippen LogP) is 0.292. The van der Waals surface area contributed by atoms with Gasteiger partial charge in [-0.25, -0.2) is 12.7 Å². The van der Waals surface area contributed by atoms with Gasteiger partial charge in [-0.15, -0.1) is 0 Å². The van der Waals surface area contributed by atoms with Crippen LogP contribution in [0.3, 0.4) is 0 Å². The number of aryl methyl sites for hydroxylation is 1. The number of carbonyl (C=O) groups excluding carboxylic acids is 1. The molecule has 0 saturated carbocycles. The van der Waals surface area contributed by atoms with Crippen LogP contribution in [0, 0.1) is 6.92 Å². The lowest BCUT2D eigenvalue weighted by Gasteiger charge is -2.16. The third kappa shape index (κ3) is 3.30. The summed E-state index contributed by atoms with van der Waals surface area (Å²) in [5.41, 5.74) is 0.495. The number of esters is 1. The van der Waals surface area contributed by atoms with Gasteiger partial charge in [0.25, 0.3) is 0 Å². The van der Waals surface area contributed by atoms with Crippen LogP contribution in [0.5, 0.6) is 0 Å². The smallest absolute Gasteiger partial charge is 0.305 e. The average Bonchev–Trinajstić information content (AvgIpc) is 2.75. The van der Waals surface area contributed by atoms with Crippen molar-refractivity contribution in [2.45, 2.75) is 24.7 Å². The van der Waals surface area contributed by atoms with E-state index in [1.54, 1.807) is 6.92 Å². The van der Waals surface area contributed by atoms with Crippen molar-refractivity contribution < 1.29 is 17.9 Å². The maximum Gasteiger partial charge on any atom is 0.305 e. The molecule has 0 bridgehead atoms. The molecule has 1 aromatic heterocycles. The molecule has 0 aromatic carbocycles. The first-order chi connectivity index (χ1) is 8.39. The highest BCUT2D eigenvalue weighted by Crippen LogP contribution is 2.16. The van der Waals surface area contributed by atoms with Crippen LogP contribution in [-0.4, -0.2) is 49.6 Å². The largest absolute Gasteiger partial charge is 0.469 e. The third-order valence-corrected chi connectivity index (χ3v) is 4.52. The van der Waals surface area contributed by atoms with Crippen molar-refractivity contribution in [2.24, 2.45) is 0 Å². The highest BCUT2D eigenvalue weighted by molar-refractivity contribution is 7.89. The van der Waals surface area contributed by atoms with Crippen LogP contribution in [0.4, 0.5) is 0 Å². The monoisotopic (exact) mass is 275 g/mol. The van der Waals surface area contributed by atoms with E-state index in [1.165, 1.54) is 24.7 Å². The molecule has 0 spiro atoms. The fraction of sp³-hybridized carbons (Fsp3) is 0.600. The van der Waals surface area contributed by atoms with Crippen molar-refractivity contribution in [1.29, 1.82) is 0 Å². The molecule has 0 aliphatic heterocycles. The minimum atomic E-state index is -3.54. The van der Waals surface area contributed by atoms with Crippen LogP contribution in [0.15, 0.2) is 11.1 Å². The molecule has 8 heteroatoms. The van der Waals surface area contributed by atoms with Gasteiger partial charge in [-0.05, 0) is 13.3 Å². The summed E-state index contributed by atoms with van der Waals surface area (Å²) in [5.74, 6) is -0.347. The van der Waals surface area contributed by atoms with Crippen LogP contribution in [0.1, 0.15) is 18.5 Å². The summed E-state index contributed by atoms with van der Waals surface area (Å²) in [6.45, 7) is 1.89. The lowest BCUT2D eigenvalue weighted by atomic mass is 10.3. The normalized spacial score (nSPS) is 11.8. The van der Waals surface area contributed by atoms with E-state index >= 15 is 0 Å². The maximum atomic E-state index is 12.1. The number of sulfonamides is 1. The van der Waals surface area contributed by atoms with Crippen LogP contribution in [0.25, 0.3) is 0 Å². The third-order valence-electron chi connectivity index (χ3n) is 2.55. The minimum absolute atomic E-state index is 0.156. The van der Waals surface area contributed by atoms with Gasteiger partial charge in [0, 0.05) is 20.0 Å². The van der Waals surface area contributed by atoms with E-state index in [2.05, 4.69) is 14.9 Å². The summed E-state index contributed by atoms with van der Waals surface area (Å²) in [5, 5.41) is 6.27. The molecule has 0 aliphatic carbocycles. The summed E-state index contributed by atoms with van der Waals surface area (Å²) in [7, 11) is -0.769. The summed E-state index contributed by atoms with van der Waals surface area (Å²) in [4.78, 5) is 11.1. The Hall–Kier alpha value is -1.41. The van der Waals surface area contributed by atoms with Crippen molar-refractivity contribution in [1.82, 2.24) is 14.5 Å². The summed E-state index contributed by atoms with van der Waals surface area (Å²) >= 11 is 0. The zero-order valence-corrected chi connectivity index (χ0v) is 11.5. The van der Waals surface area contributed by atoms with Gasteiger partial charge in [0.2, 0.25) is 10.0 Å². The van der Waals surface area contributed by atoms with Crippen LogP contribution < -0.4 is 0 Å². The number of carbonyl (C=O) groups is 1. The zero-order valence-electron chi connectivity index (χ0n) is 10.6. The number of nitrogens with zero attached hydrogens (tertiary/aromatic N) is 2. The quantitative estimate of drug-likeness (QED) is 0.753. The fourth-order valence-corrected chi connectivity index (χ4v) is 2.76. The summed E-state index contributed by atoms with van der Waals surface area (Å²) < 4.78 is 29.9. The van der Waals surface area contributed by atoms with Crippen molar-refractivity contribution in [3.8, 4) is 0 Å². The first-order valence-electron chi connectivity index (χ1n) is 5.42. The van der Waals surface area contributed by atoms with Crippen molar-refractivity contribution >= 4 is 16.0 Å². The van der Waals surface area contributed by atoms with E-state index < -0.39 is 10.0 Å². The van der Waals surface area contributed by atoms with E-state index in [9.17, 15) is 13.2 Å². The van der Waals surface area contributed by atoms with Crippen LogP contribution in [-0.2, 0) is 19.6 Å². The first-order valence-corrected chi connectivity index (χ1v) is 6.86. The van der Waals surface area contributed by atoms with E-state index in [1.807, 2.05) is 0 Å². The molecule has 0 saturated heterocycles. The number of aromatic nitrogens is 2. The van der Waals surface area contributed by atoms with Crippen LogP contribution >= 0.6 is 0 Å². The Morgan fingerprint density at radius 3 is 2.72 bits per heavy atom. The molecule has 0 amide bonds. The molecule has 102 valence electrons. The molecule has 7 nitrogen and oxygen atoms in total. The fourth-order valence-electron chi connectivity index (χ4n) is 1.44. The Bertz CT molecular complexity index is 509. The standard InChI is InChI=1S/C10H17N3O4S/c1-8-9(7-11-12-8)18(15,16)13(2)6-4-5-10(14)17-3/h7H,4-6H2,1-3H3,(H,11,12). The zero-order chi connectivity index (χ0) is 13.8. The Labute approximate surface area is 106 Å². The maximum absolute atomic E-state index is 12.1. The molecule has 1 rings (SSSR count).